The maximum Gasteiger partial charge on any atom is 0.333 e. The molecule has 1 aliphatic carbocycles. The van der Waals surface area contributed by atoms with Crippen molar-refractivity contribution in [3.05, 3.63) is 82.4 Å². The van der Waals surface area contributed by atoms with Crippen molar-refractivity contribution >= 4 is 5.97 Å². The Bertz CT molecular complexity index is 981. The lowest BCUT2D eigenvalue weighted by atomic mass is 9.89. The third-order valence-electron chi connectivity index (χ3n) is 6.66. The molecule has 0 aromatic heterocycles. The highest BCUT2D eigenvalue weighted by molar-refractivity contribution is 5.89. The molecule has 0 N–H and O–H groups in total. The van der Waals surface area contributed by atoms with Gasteiger partial charge in [-0.15, -0.1) is 0 Å². The standard InChI is InChI=1S/C26H29NO3/c1-4-29-26(28)19-13-21(17-9-6-5-7-10-17)27-23(15-19)30-22-14-18-11-8-12-20(16(2)3)24(18)25(22)27/h5-13,16,21-23,25H,4,14-15H2,1-3H3/t21-,22+,23+,25+/m0/s1. The van der Waals surface area contributed by atoms with E-state index in [9.17, 15) is 4.79 Å². The molecule has 3 aliphatic rings. The molecule has 0 bridgehead atoms. The first-order valence-electron chi connectivity index (χ1n) is 11.1. The van der Waals surface area contributed by atoms with Crippen LogP contribution in [0.3, 0.4) is 0 Å². The molecule has 1 saturated heterocycles. The fourth-order valence-corrected chi connectivity index (χ4v) is 5.44. The number of benzene rings is 2. The zero-order valence-corrected chi connectivity index (χ0v) is 17.9. The number of hydrogen-bond acceptors (Lipinski definition) is 4. The molecular weight excluding hydrogens is 374 g/mol. The predicted molar refractivity (Wildman–Crippen MR) is 116 cm³/mol. The van der Waals surface area contributed by atoms with E-state index in [2.05, 4.69) is 67.3 Å². The van der Waals surface area contributed by atoms with Crippen LogP contribution in [0.1, 0.15) is 67.4 Å². The van der Waals surface area contributed by atoms with E-state index in [0.29, 0.717) is 18.9 Å². The van der Waals surface area contributed by atoms with Crippen LogP contribution >= 0.6 is 0 Å². The van der Waals surface area contributed by atoms with E-state index in [1.165, 1.54) is 22.3 Å². The average molecular weight is 404 g/mol. The second-order valence-corrected chi connectivity index (χ2v) is 8.77. The van der Waals surface area contributed by atoms with Gasteiger partial charge in [0.05, 0.1) is 24.8 Å². The van der Waals surface area contributed by atoms with Crippen molar-refractivity contribution in [3.8, 4) is 0 Å². The Hall–Kier alpha value is -2.43. The van der Waals surface area contributed by atoms with Crippen LogP contribution in [0.5, 0.6) is 0 Å². The molecule has 2 heterocycles. The number of carbonyl (C=O) groups excluding carboxylic acids is 1. The van der Waals surface area contributed by atoms with Crippen molar-refractivity contribution in [1.29, 1.82) is 0 Å². The molecule has 1 fully saturated rings. The van der Waals surface area contributed by atoms with E-state index in [-0.39, 0.29) is 30.4 Å². The van der Waals surface area contributed by atoms with Gasteiger partial charge in [0.2, 0.25) is 0 Å². The Labute approximate surface area is 178 Å². The molecule has 4 heteroatoms. The smallest absolute Gasteiger partial charge is 0.333 e. The van der Waals surface area contributed by atoms with Gasteiger partial charge in [0.15, 0.2) is 0 Å². The lowest BCUT2D eigenvalue weighted by molar-refractivity contribution is -0.139. The van der Waals surface area contributed by atoms with Gasteiger partial charge < -0.3 is 9.47 Å². The zero-order chi connectivity index (χ0) is 20.8. The fraction of sp³-hybridized carbons (Fsp3) is 0.423. The van der Waals surface area contributed by atoms with Gasteiger partial charge in [-0.05, 0) is 35.1 Å². The average Bonchev–Trinajstić information content (AvgIpc) is 3.28. The van der Waals surface area contributed by atoms with Gasteiger partial charge in [0, 0.05) is 18.4 Å². The van der Waals surface area contributed by atoms with Crippen molar-refractivity contribution in [2.45, 2.75) is 63.9 Å². The second-order valence-electron chi connectivity index (χ2n) is 8.77. The predicted octanol–water partition coefficient (Wildman–Crippen LogP) is 5.07. The minimum absolute atomic E-state index is 0.00877. The Balaban J connectivity index is 1.61. The molecule has 0 radical (unpaired) electrons. The molecule has 156 valence electrons. The Morgan fingerprint density at radius 2 is 1.93 bits per heavy atom. The summed E-state index contributed by atoms with van der Waals surface area (Å²) >= 11 is 0. The first-order valence-corrected chi connectivity index (χ1v) is 11.1. The van der Waals surface area contributed by atoms with Crippen molar-refractivity contribution in [2.24, 2.45) is 0 Å². The quantitative estimate of drug-likeness (QED) is 0.668. The lowest BCUT2D eigenvalue weighted by Gasteiger charge is -2.39. The van der Waals surface area contributed by atoms with Crippen molar-refractivity contribution < 1.29 is 14.3 Å². The number of hydrogen-bond donors (Lipinski definition) is 0. The van der Waals surface area contributed by atoms with Crippen LogP contribution in [0, 0.1) is 0 Å². The highest BCUT2D eigenvalue weighted by atomic mass is 16.5. The summed E-state index contributed by atoms with van der Waals surface area (Å²) in [6.07, 6.45) is 3.64. The van der Waals surface area contributed by atoms with E-state index < -0.39 is 0 Å². The summed E-state index contributed by atoms with van der Waals surface area (Å²) in [7, 11) is 0. The van der Waals surface area contributed by atoms with Gasteiger partial charge >= 0.3 is 5.97 Å². The zero-order valence-electron chi connectivity index (χ0n) is 17.9. The van der Waals surface area contributed by atoms with Crippen LogP contribution in [-0.2, 0) is 20.7 Å². The van der Waals surface area contributed by atoms with E-state index in [0.717, 1.165) is 12.0 Å². The summed E-state index contributed by atoms with van der Waals surface area (Å²) in [4.78, 5) is 15.1. The van der Waals surface area contributed by atoms with E-state index in [4.69, 9.17) is 9.47 Å². The molecule has 0 saturated carbocycles. The number of fused-ring (bicyclic) bond motifs is 5. The van der Waals surface area contributed by atoms with Crippen LogP contribution in [0.15, 0.2) is 60.2 Å². The molecule has 0 spiro atoms. The van der Waals surface area contributed by atoms with Crippen LogP contribution in [0.4, 0.5) is 0 Å². The van der Waals surface area contributed by atoms with Gasteiger partial charge in [-0.3, -0.25) is 4.90 Å². The van der Waals surface area contributed by atoms with Gasteiger partial charge in [-0.25, -0.2) is 4.79 Å². The lowest BCUT2D eigenvalue weighted by Crippen LogP contribution is -2.40. The van der Waals surface area contributed by atoms with Gasteiger partial charge in [-0.2, -0.15) is 0 Å². The van der Waals surface area contributed by atoms with Crippen LogP contribution in [0.2, 0.25) is 0 Å². The summed E-state index contributed by atoms with van der Waals surface area (Å²) in [6, 6.07) is 17.3. The van der Waals surface area contributed by atoms with Gasteiger partial charge in [-0.1, -0.05) is 68.5 Å². The fourth-order valence-electron chi connectivity index (χ4n) is 5.44. The molecular formula is C26H29NO3. The molecule has 0 unspecified atom stereocenters. The molecule has 0 amide bonds. The number of rotatable bonds is 4. The minimum atomic E-state index is -0.220. The first kappa shape index (κ1) is 19.5. The second kappa shape index (κ2) is 7.68. The number of ether oxygens (including phenoxy) is 2. The number of carbonyl (C=O) groups is 1. The van der Waals surface area contributed by atoms with Crippen molar-refractivity contribution in [2.75, 3.05) is 6.61 Å². The van der Waals surface area contributed by atoms with E-state index in [1.807, 2.05) is 13.0 Å². The van der Waals surface area contributed by atoms with Crippen LogP contribution < -0.4 is 0 Å². The highest BCUT2D eigenvalue weighted by Gasteiger charge is 2.52. The minimum Gasteiger partial charge on any atom is -0.463 e. The van der Waals surface area contributed by atoms with E-state index in [1.54, 1.807) is 0 Å². The Morgan fingerprint density at radius 1 is 1.13 bits per heavy atom. The normalized spacial score (nSPS) is 27.4. The third-order valence-corrected chi connectivity index (χ3v) is 6.66. The topological polar surface area (TPSA) is 38.8 Å². The first-order chi connectivity index (χ1) is 14.6. The molecule has 4 nitrogen and oxygen atoms in total. The summed E-state index contributed by atoms with van der Waals surface area (Å²) in [5.41, 5.74) is 6.17. The Morgan fingerprint density at radius 3 is 2.67 bits per heavy atom. The summed E-state index contributed by atoms with van der Waals surface area (Å²) in [5.74, 6) is 0.241. The molecule has 5 rings (SSSR count). The largest absolute Gasteiger partial charge is 0.463 e. The maximum absolute atomic E-state index is 12.6. The summed E-state index contributed by atoms with van der Waals surface area (Å²) in [6.45, 7) is 6.76. The van der Waals surface area contributed by atoms with Crippen molar-refractivity contribution in [3.63, 3.8) is 0 Å². The maximum atomic E-state index is 12.6. The van der Waals surface area contributed by atoms with Crippen molar-refractivity contribution in [1.82, 2.24) is 4.90 Å². The molecule has 2 aliphatic heterocycles. The molecule has 2 aromatic carbocycles. The molecule has 30 heavy (non-hydrogen) atoms. The number of nitrogens with zero attached hydrogens (tertiary/aromatic N) is 1. The Kier molecular flexibility index (Phi) is 5.00. The number of esters is 1. The molecule has 4 atom stereocenters. The highest BCUT2D eigenvalue weighted by Crippen LogP contribution is 2.53. The SMILES string of the molecule is CCOC(=O)C1=C[C@@H](c2ccccc2)N2[C@@H](C1)O[C@@H]1Cc3cccc(C(C)C)c3[C@@H]12. The third kappa shape index (κ3) is 3.10. The summed E-state index contributed by atoms with van der Waals surface area (Å²) in [5, 5.41) is 0. The van der Waals surface area contributed by atoms with Gasteiger partial charge in [0.1, 0.15) is 6.23 Å². The van der Waals surface area contributed by atoms with Gasteiger partial charge in [0.25, 0.3) is 0 Å². The van der Waals surface area contributed by atoms with Crippen LogP contribution in [-0.4, -0.2) is 29.8 Å². The van der Waals surface area contributed by atoms with Crippen LogP contribution in [0.25, 0.3) is 0 Å². The summed E-state index contributed by atoms with van der Waals surface area (Å²) < 4.78 is 11.9. The monoisotopic (exact) mass is 403 g/mol. The molecule has 2 aromatic rings. The van der Waals surface area contributed by atoms with E-state index >= 15 is 0 Å².